The minimum atomic E-state index is -4.62. The van der Waals surface area contributed by atoms with Crippen LogP contribution in [0.1, 0.15) is 30.1 Å². The first-order chi connectivity index (χ1) is 7.80. The summed E-state index contributed by atoms with van der Waals surface area (Å²) in [7, 11) is 0. The standard InChI is InChI=1S/C9H8BrF3N2O2/c10-6-7(4-1-2-4)14-15(3-5(16)17)8(6)9(11,12)13/h4H,1-3H2,(H,16,17). The van der Waals surface area contributed by atoms with Crippen molar-refractivity contribution in [2.24, 2.45) is 0 Å². The summed E-state index contributed by atoms with van der Waals surface area (Å²) in [6.45, 7) is -0.792. The molecular formula is C9H8BrF3N2O2. The van der Waals surface area contributed by atoms with E-state index in [2.05, 4.69) is 21.0 Å². The van der Waals surface area contributed by atoms with Crippen LogP contribution in [0.25, 0.3) is 0 Å². The lowest BCUT2D eigenvalue weighted by Crippen LogP contribution is -2.19. The zero-order chi connectivity index (χ0) is 12.8. The van der Waals surface area contributed by atoms with Crippen LogP contribution < -0.4 is 0 Å². The molecule has 1 heterocycles. The quantitative estimate of drug-likeness (QED) is 0.933. The third kappa shape index (κ3) is 2.46. The lowest BCUT2D eigenvalue weighted by molar-refractivity contribution is -0.147. The van der Waals surface area contributed by atoms with Gasteiger partial charge >= 0.3 is 12.1 Å². The first-order valence-corrected chi connectivity index (χ1v) is 5.65. The van der Waals surface area contributed by atoms with Crippen molar-refractivity contribution in [3.63, 3.8) is 0 Å². The lowest BCUT2D eigenvalue weighted by Gasteiger charge is -2.08. The second kappa shape index (κ2) is 4.01. The smallest absolute Gasteiger partial charge is 0.434 e. The van der Waals surface area contributed by atoms with Gasteiger partial charge in [-0.1, -0.05) is 0 Å². The number of aromatic nitrogens is 2. The largest absolute Gasteiger partial charge is 0.480 e. The van der Waals surface area contributed by atoms with Gasteiger partial charge in [0.1, 0.15) is 6.54 Å². The van der Waals surface area contributed by atoms with E-state index in [4.69, 9.17) is 5.11 Å². The number of hydrogen-bond donors (Lipinski definition) is 1. The minimum Gasteiger partial charge on any atom is -0.480 e. The molecule has 1 aromatic rings. The molecule has 1 N–H and O–H groups in total. The zero-order valence-electron chi connectivity index (χ0n) is 8.46. The number of carboxylic acids is 1. The molecule has 1 aliphatic carbocycles. The number of halogens is 4. The van der Waals surface area contributed by atoms with Gasteiger partial charge in [-0.3, -0.25) is 4.79 Å². The zero-order valence-corrected chi connectivity index (χ0v) is 10.0. The van der Waals surface area contributed by atoms with E-state index < -0.39 is 24.4 Å². The lowest BCUT2D eigenvalue weighted by atomic mass is 10.2. The van der Waals surface area contributed by atoms with Gasteiger partial charge in [0.25, 0.3) is 0 Å². The van der Waals surface area contributed by atoms with Crippen LogP contribution in [0.4, 0.5) is 13.2 Å². The molecule has 17 heavy (non-hydrogen) atoms. The van der Waals surface area contributed by atoms with Gasteiger partial charge in [0.2, 0.25) is 0 Å². The van der Waals surface area contributed by atoms with Gasteiger partial charge in [0, 0.05) is 5.92 Å². The maximum atomic E-state index is 12.8. The van der Waals surface area contributed by atoms with Gasteiger partial charge < -0.3 is 5.11 Å². The molecule has 0 saturated heterocycles. The van der Waals surface area contributed by atoms with Crippen molar-refractivity contribution < 1.29 is 23.1 Å². The predicted octanol–water partition coefficient (Wildman–Crippen LogP) is 2.63. The van der Waals surface area contributed by atoms with Gasteiger partial charge in [-0.15, -0.1) is 0 Å². The summed E-state index contributed by atoms with van der Waals surface area (Å²) < 4.78 is 38.7. The Hall–Kier alpha value is -1.05. The summed E-state index contributed by atoms with van der Waals surface area (Å²) in [5.74, 6) is -1.34. The van der Waals surface area contributed by atoms with Crippen molar-refractivity contribution in [2.45, 2.75) is 31.5 Å². The van der Waals surface area contributed by atoms with Crippen LogP contribution in [0.3, 0.4) is 0 Å². The molecule has 0 spiro atoms. The van der Waals surface area contributed by atoms with E-state index in [9.17, 15) is 18.0 Å². The molecule has 0 radical (unpaired) electrons. The van der Waals surface area contributed by atoms with E-state index in [1.165, 1.54) is 0 Å². The van der Waals surface area contributed by atoms with E-state index in [0.717, 1.165) is 12.8 Å². The Labute approximate surface area is 103 Å². The van der Waals surface area contributed by atoms with Crippen LogP contribution in [0, 0.1) is 0 Å². The molecule has 1 fully saturated rings. The SMILES string of the molecule is O=C(O)Cn1nc(C2CC2)c(Br)c1C(F)(F)F. The Bertz CT molecular complexity index is 466. The monoisotopic (exact) mass is 312 g/mol. The average molecular weight is 313 g/mol. The molecule has 8 heteroatoms. The Morgan fingerprint density at radius 1 is 1.53 bits per heavy atom. The van der Waals surface area contributed by atoms with Crippen LogP contribution >= 0.6 is 15.9 Å². The fourth-order valence-corrected chi connectivity index (χ4v) is 2.42. The number of nitrogens with zero attached hydrogens (tertiary/aromatic N) is 2. The molecule has 2 rings (SSSR count). The molecule has 0 amide bonds. The van der Waals surface area contributed by atoms with Crippen molar-refractivity contribution in [3.8, 4) is 0 Å². The first-order valence-electron chi connectivity index (χ1n) is 4.86. The van der Waals surface area contributed by atoms with E-state index in [-0.39, 0.29) is 10.4 Å². The third-order valence-corrected chi connectivity index (χ3v) is 3.22. The summed E-state index contributed by atoms with van der Waals surface area (Å²) in [6.07, 6.45) is -3.03. The van der Waals surface area contributed by atoms with Gasteiger partial charge in [-0.25, -0.2) is 4.68 Å². The predicted molar refractivity (Wildman–Crippen MR) is 54.5 cm³/mol. The molecule has 0 unspecified atom stereocenters. The fraction of sp³-hybridized carbons (Fsp3) is 0.556. The van der Waals surface area contributed by atoms with E-state index in [1.807, 2.05) is 0 Å². The molecule has 1 aliphatic rings. The van der Waals surface area contributed by atoms with Gasteiger partial charge in [0.15, 0.2) is 5.69 Å². The van der Waals surface area contributed by atoms with Gasteiger partial charge in [-0.05, 0) is 28.8 Å². The van der Waals surface area contributed by atoms with Crippen molar-refractivity contribution in [1.82, 2.24) is 9.78 Å². The van der Waals surface area contributed by atoms with E-state index >= 15 is 0 Å². The second-order valence-electron chi connectivity index (χ2n) is 3.87. The summed E-state index contributed by atoms with van der Waals surface area (Å²) >= 11 is 2.87. The van der Waals surface area contributed by atoms with Crippen LogP contribution in [-0.4, -0.2) is 20.9 Å². The van der Waals surface area contributed by atoms with Crippen molar-refractivity contribution in [3.05, 3.63) is 15.9 Å². The summed E-state index contributed by atoms with van der Waals surface area (Å²) in [5, 5.41) is 12.3. The first kappa shape index (κ1) is 12.4. The molecule has 0 atom stereocenters. The van der Waals surface area contributed by atoms with Crippen LogP contribution in [0.2, 0.25) is 0 Å². The third-order valence-electron chi connectivity index (χ3n) is 2.44. The molecule has 0 bridgehead atoms. The number of carbonyl (C=O) groups is 1. The highest BCUT2D eigenvalue weighted by atomic mass is 79.9. The Balaban J connectivity index is 2.48. The average Bonchev–Trinajstić information content (AvgIpc) is 2.89. The van der Waals surface area contributed by atoms with Crippen LogP contribution in [-0.2, 0) is 17.5 Å². The second-order valence-corrected chi connectivity index (χ2v) is 4.66. The van der Waals surface area contributed by atoms with Gasteiger partial charge in [-0.2, -0.15) is 18.3 Å². The molecule has 1 aromatic heterocycles. The minimum absolute atomic E-state index is 0.0144. The maximum absolute atomic E-state index is 12.8. The Kier molecular flexibility index (Phi) is 2.92. The van der Waals surface area contributed by atoms with Crippen molar-refractivity contribution >= 4 is 21.9 Å². The van der Waals surface area contributed by atoms with Crippen molar-refractivity contribution in [2.75, 3.05) is 0 Å². The highest BCUT2D eigenvalue weighted by molar-refractivity contribution is 9.10. The number of carboxylic acid groups (broad SMARTS) is 1. The topological polar surface area (TPSA) is 55.1 Å². The molecule has 4 nitrogen and oxygen atoms in total. The molecule has 0 aromatic carbocycles. The van der Waals surface area contributed by atoms with Crippen molar-refractivity contribution in [1.29, 1.82) is 0 Å². The fourth-order valence-electron chi connectivity index (χ4n) is 1.59. The molecule has 0 aliphatic heterocycles. The molecular weight excluding hydrogens is 305 g/mol. The number of alkyl halides is 3. The number of aliphatic carboxylic acids is 1. The van der Waals surface area contributed by atoms with Gasteiger partial charge in [0.05, 0.1) is 10.2 Å². The van der Waals surface area contributed by atoms with E-state index in [1.54, 1.807) is 0 Å². The van der Waals surface area contributed by atoms with E-state index in [0.29, 0.717) is 10.4 Å². The maximum Gasteiger partial charge on any atom is 0.434 e. The highest BCUT2D eigenvalue weighted by Crippen LogP contribution is 2.46. The molecule has 1 saturated carbocycles. The highest BCUT2D eigenvalue weighted by Gasteiger charge is 2.42. The Morgan fingerprint density at radius 3 is 2.53 bits per heavy atom. The van der Waals surface area contributed by atoms with Crippen LogP contribution in [0.15, 0.2) is 4.47 Å². The van der Waals surface area contributed by atoms with Crippen LogP contribution in [0.5, 0.6) is 0 Å². The normalized spacial score (nSPS) is 16.2. The summed E-state index contributed by atoms with van der Waals surface area (Å²) in [6, 6.07) is 0. The number of rotatable bonds is 3. The summed E-state index contributed by atoms with van der Waals surface area (Å²) in [4.78, 5) is 10.5. The summed E-state index contributed by atoms with van der Waals surface area (Å²) in [5.41, 5.74) is -0.722. The Morgan fingerprint density at radius 2 is 2.12 bits per heavy atom. The molecule has 94 valence electrons. The number of hydrogen-bond acceptors (Lipinski definition) is 2.